The number of nitrogens with one attached hydrogen (secondary N) is 8. The number of carbonyl (C=O) groups excluding carboxylic acids is 6. The lowest BCUT2D eigenvalue weighted by molar-refractivity contribution is -0.144. The first-order chi connectivity index (χ1) is 70.4. The molecular formula is C104H120Cl4F4N20O14. The van der Waals surface area contributed by atoms with Crippen LogP contribution < -0.4 is 61.5 Å². The highest BCUT2D eigenvalue weighted by Crippen LogP contribution is 2.40. The van der Waals surface area contributed by atoms with Gasteiger partial charge in [-0.25, -0.2) is 57.4 Å². The first-order valence-corrected chi connectivity index (χ1v) is 48.4. The Kier molecular flexibility index (Phi) is 48.5. The van der Waals surface area contributed by atoms with Crippen molar-refractivity contribution in [3.05, 3.63) is 239 Å². The number of anilines is 12. The van der Waals surface area contributed by atoms with Crippen LogP contribution in [0.4, 0.5) is 86.3 Å². The zero-order valence-electron chi connectivity index (χ0n) is 83.1. The van der Waals surface area contributed by atoms with Gasteiger partial charge in [-0.15, -0.1) is 0 Å². The lowest BCUT2D eigenvalue weighted by Crippen LogP contribution is -2.23. The standard InChI is InChI=1S/C27H31ClFN5O4.C26H29ClFN5O4.C26H31ClFN5O3.C25H29ClFN5O3/c1-4-37-24-16-22-19(27(31-17-30-22)32-18-10-11-21(29)20(28)14-18)15-23(24)33-25(35)8-6-12-34(3)13-7-9-26(36)38-5-2;1-4-36-23-15-21-18(26(30-16-29-21)31-17-8-9-20(28)19(27)13-17)14-22(23)32-24(34)7-6-11-33(3)12-10-25(35)37-5-2;1-4-36-24-16-22-19(26(30-17-29-22)31-18-9-10-21(28)20(27)14-18)15-23(24)32-25(34)8-7-12-33(2)11-5-6-13-35-3;1-4-35-23-15-21-18(25(29-16-28-21)30-17-8-9-20(27)19(26)13-17)14-22(23)31-24(33)7-5-10-32(2)11-6-12-34-3/h6,8,10-11,14-17H,4-5,7,9,12-13H2,1-3H3,(H,33,35)(H,30,31,32);6-9,13-16H,4-5,10-12H2,1-3H3,(H,32,34)(H,29,30,31);7-10,14-17H,4-6,11-13H2,1-3H3,(H,32,34)(H,29,30,31);5,7-9,13-16H,4,6,10-12H2,1-3H3,(H,31,33)(H,28,29,30)/b8-6+;7-6+;8-7+;7-5+. The molecule has 42 heteroatoms. The van der Waals surface area contributed by atoms with E-state index in [-0.39, 0.29) is 62.1 Å². The second-order valence-electron chi connectivity index (χ2n) is 32.2. The van der Waals surface area contributed by atoms with Crippen molar-refractivity contribution in [2.45, 2.75) is 80.1 Å². The lowest BCUT2D eigenvalue weighted by Gasteiger charge is -2.15. The molecule has 0 unspecified atom stereocenters. The average Bonchev–Trinajstić information content (AvgIpc) is 0.801. The molecule has 0 saturated carbocycles. The van der Waals surface area contributed by atoms with Gasteiger partial charge >= 0.3 is 11.9 Å². The molecule has 8 N–H and O–H groups in total. The molecular weight excluding hydrogens is 1970 g/mol. The van der Waals surface area contributed by atoms with Crippen LogP contribution in [0.5, 0.6) is 23.0 Å². The number of likely N-dealkylation sites (N-methyl/N-ethyl adjacent to an activating group) is 4. The van der Waals surface area contributed by atoms with Gasteiger partial charge in [0.05, 0.1) is 111 Å². The normalized spacial score (nSPS) is 11.3. The molecule has 4 heterocycles. The van der Waals surface area contributed by atoms with Gasteiger partial charge in [0.1, 0.15) is 94.8 Å². The summed E-state index contributed by atoms with van der Waals surface area (Å²) in [5.74, 6) is 0.00243. The summed E-state index contributed by atoms with van der Waals surface area (Å²) in [7, 11) is 11.1. The molecule has 0 radical (unpaired) electrons. The van der Waals surface area contributed by atoms with Crippen molar-refractivity contribution >= 4 is 194 Å². The third kappa shape index (κ3) is 38.2. The molecule has 0 saturated heterocycles. The second-order valence-corrected chi connectivity index (χ2v) is 33.9. The van der Waals surface area contributed by atoms with Crippen molar-refractivity contribution in [2.24, 2.45) is 0 Å². The monoisotopic (exact) mass is 2090 g/mol. The third-order valence-corrected chi connectivity index (χ3v) is 22.1. The van der Waals surface area contributed by atoms with E-state index >= 15 is 0 Å². The fourth-order valence-electron chi connectivity index (χ4n) is 13.8. The number of aromatic nitrogens is 8. The van der Waals surface area contributed by atoms with Gasteiger partial charge in [0.25, 0.3) is 0 Å². The van der Waals surface area contributed by atoms with Crippen LogP contribution in [0, 0.1) is 23.3 Å². The van der Waals surface area contributed by atoms with Crippen molar-refractivity contribution < 1.29 is 84.2 Å². The SMILES string of the molecule is CCOC(=O)CCCN(C)C/C=C/C(=O)Nc1cc2c(Nc3ccc(F)c(Cl)c3)ncnc2cc1OCC.CCOC(=O)CCN(C)C/C=C/C(=O)Nc1cc2c(Nc3ccc(F)c(Cl)c3)ncnc2cc1OCC.CCOc1cc2ncnc(Nc3ccc(F)c(Cl)c3)c2cc1NC(=O)/C=C/CN(C)CCCCOC.CCOc1cc2ncnc(Nc3ccc(F)c(Cl)c3)c2cc1NC(=O)/C=C/CN(C)CCCOC. The zero-order valence-corrected chi connectivity index (χ0v) is 86.2. The second kappa shape index (κ2) is 61.3. The van der Waals surface area contributed by atoms with Crippen molar-refractivity contribution in [2.75, 3.05) is 190 Å². The number of esters is 2. The predicted molar refractivity (Wildman–Crippen MR) is 567 cm³/mol. The summed E-state index contributed by atoms with van der Waals surface area (Å²) < 4.78 is 97.1. The maximum atomic E-state index is 13.6. The summed E-state index contributed by atoms with van der Waals surface area (Å²) in [5.41, 5.74) is 6.50. The van der Waals surface area contributed by atoms with Crippen molar-refractivity contribution in [1.82, 2.24) is 59.5 Å². The summed E-state index contributed by atoms with van der Waals surface area (Å²) in [4.78, 5) is 116. The summed E-state index contributed by atoms with van der Waals surface area (Å²) in [6, 6.07) is 31.0. The van der Waals surface area contributed by atoms with Gasteiger partial charge in [0.15, 0.2) is 0 Å². The van der Waals surface area contributed by atoms with Gasteiger partial charge in [-0.1, -0.05) is 70.7 Å². The van der Waals surface area contributed by atoms with Crippen LogP contribution in [0.2, 0.25) is 20.1 Å². The highest BCUT2D eigenvalue weighted by atomic mass is 35.5. The summed E-state index contributed by atoms with van der Waals surface area (Å²) in [6.45, 7) is 20.1. The van der Waals surface area contributed by atoms with E-state index in [1.165, 1.54) is 98.1 Å². The van der Waals surface area contributed by atoms with Gasteiger partial charge in [0.2, 0.25) is 23.6 Å². The predicted octanol–water partition coefficient (Wildman–Crippen LogP) is 20.7. The lowest BCUT2D eigenvalue weighted by atomic mass is 10.1. The molecule has 34 nitrogen and oxygen atoms in total. The Morgan fingerprint density at radius 2 is 0.582 bits per heavy atom. The molecule has 12 aromatic rings. The Balaban J connectivity index is 0.000000217. The van der Waals surface area contributed by atoms with E-state index in [4.69, 9.17) is 84.3 Å². The summed E-state index contributed by atoms with van der Waals surface area (Å²) in [6.07, 6.45) is 22.8. The van der Waals surface area contributed by atoms with Gasteiger partial charge in [-0.05, 0) is 206 Å². The number of hydrogen-bond donors (Lipinski definition) is 8. The number of benzene rings is 8. The van der Waals surface area contributed by atoms with E-state index in [1.54, 1.807) is 119 Å². The van der Waals surface area contributed by atoms with E-state index in [0.29, 0.717) is 234 Å². The number of unbranched alkanes of at least 4 members (excludes halogenated alkanes) is 1. The van der Waals surface area contributed by atoms with Crippen LogP contribution in [-0.4, -0.2) is 243 Å². The van der Waals surface area contributed by atoms with E-state index < -0.39 is 23.3 Å². The first-order valence-electron chi connectivity index (χ1n) is 46.9. The smallest absolute Gasteiger partial charge is 0.307 e. The minimum absolute atomic E-state index is 0.00245. The molecule has 4 aromatic heterocycles. The summed E-state index contributed by atoms with van der Waals surface area (Å²) in [5, 5.41) is 26.5. The zero-order chi connectivity index (χ0) is 105. The Morgan fingerprint density at radius 1 is 0.322 bits per heavy atom. The van der Waals surface area contributed by atoms with Gasteiger partial charge < -0.3 is 100 Å². The number of fused-ring (bicyclic) bond motifs is 4. The topological polar surface area (TPSA) is 389 Å². The molecule has 146 heavy (non-hydrogen) atoms. The Labute approximate surface area is 864 Å². The van der Waals surface area contributed by atoms with Gasteiger partial charge in [-0.2, -0.15) is 0 Å². The largest absolute Gasteiger partial charge is 0.492 e. The number of amides is 4. The van der Waals surface area contributed by atoms with Crippen molar-refractivity contribution in [3.63, 3.8) is 0 Å². The molecule has 8 aromatic carbocycles. The number of ether oxygens (including phenoxy) is 8. The van der Waals surface area contributed by atoms with Gasteiger partial charge in [-0.3, -0.25) is 28.8 Å². The van der Waals surface area contributed by atoms with Crippen LogP contribution in [0.25, 0.3) is 43.6 Å². The molecule has 0 spiro atoms. The quantitative estimate of drug-likeness (QED) is 0.00759. The fourth-order valence-corrected chi connectivity index (χ4v) is 14.6. The van der Waals surface area contributed by atoms with E-state index in [1.807, 2.05) is 71.8 Å². The highest BCUT2D eigenvalue weighted by Gasteiger charge is 2.21. The number of nitrogens with zero attached hydrogens (tertiary/aromatic N) is 12. The van der Waals surface area contributed by atoms with Crippen molar-refractivity contribution in [3.8, 4) is 23.0 Å². The van der Waals surface area contributed by atoms with Crippen molar-refractivity contribution in [1.29, 1.82) is 0 Å². The van der Waals surface area contributed by atoms with E-state index in [0.717, 1.165) is 39.0 Å². The molecule has 0 fully saturated rings. The Hall–Kier alpha value is -14.1. The number of hydrogen-bond acceptors (Lipinski definition) is 30. The average molecular weight is 2090 g/mol. The molecule has 0 aliphatic carbocycles. The molecule has 4 amide bonds. The fraction of sp³-hybridized carbons (Fsp3) is 0.327. The number of rotatable bonds is 50. The van der Waals surface area contributed by atoms with E-state index in [9.17, 15) is 46.3 Å². The molecule has 0 aliphatic heterocycles. The number of methoxy groups -OCH3 is 2. The highest BCUT2D eigenvalue weighted by molar-refractivity contribution is 6.32. The van der Waals surface area contributed by atoms with Crippen LogP contribution in [-0.2, 0) is 47.7 Å². The molecule has 12 rings (SSSR count). The maximum Gasteiger partial charge on any atom is 0.307 e. The van der Waals surface area contributed by atoms with Crippen LogP contribution in [0.15, 0.2) is 195 Å². The summed E-state index contributed by atoms with van der Waals surface area (Å²) >= 11 is 23.6. The van der Waals surface area contributed by atoms with Crippen LogP contribution in [0.3, 0.4) is 0 Å². The maximum absolute atomic E-state index is 13.6. The van der Waals surface area contributed by atoms with Gasteiger partial charge in [0, 0.05) is 166 Å². The number of carbonyl (C=O) groups is 6. The molecule has 776 valence electrons. The number of halogens is 8. The molecule has 0 bridgehead atoms. The van der Waals surface area contributed by atoms with Crippen LogP contribution in [0.1, 0.15) is 80.1 Å². The Morgan fingerprint density at radius 3 is 0.849 bits per heavy atom. The minimum Gasteiger partial charge on any atom is -0.492 e. The molecule has 0 aliphatic rings. The first kappa shape index (κ1) is 116. The van der Waals surface area contributed by atoms with E-state index in [2.05, 4.69) is 92.2 Å². The molecule has 0 atom stereocenters. The Bertz CT molecular complexity index is 6520. The minimum atomic E-state index is -0.524. The van der Waals surface area contributed by atoms with Crippen LogP contribution >= 0.6 is 46.4 Å². The third-order valence-electron chi connectivity index (χ3n) is 20.9.